The number of carbonyl (C=O) groups excluding carboxylic acids is 1. The zero-order valence-corrected chi connectivity index (χ0v) is 23.9. The van der Waals surface area contributed by atoms with Gasteiger partial charge in [0.1, 0.15) is 11.5 Å². The average Bonchev–Trinajstić information content (AvgIpc) is 3.66. The lowest BCUT2D eigenvalue weighted by Gasteiger charge is -2.34. The Morgan fingerprint density at radius 3 is 2.67 bits per heavy atom. The fourth-order valence-electron chi connectivity index (χ4n) is 4.87. The molecule has 5 heterocycles. The number of carbonyl (C=O) groups is 1. The van der Waals surface area contributed by atoms with E-state index in [0.717, 1.165) is 5.69 Å². The molecule has 0 radical (unpaired) electrons. The Balaban J connectivity index is 1.18. The minimum atomic E-state index is -0.801. The molecule has 5 aromatic rings. The van der Waals surface area contributed by atoms with Crippen LogP contribution in [0.4, 0.5) is 10.1 Å². The van der Waals surface area contributed by atoms with Gasteiger partial charge >= 0.3 is 0 Å². The van der Waals surface area contributed by atoms with Gasteiger partial charge in [0, 0.05) is 42.4 Å². The highest BCUT2D eigenvalue weighted by molar-refractivity contribution is 5.91. The smallest absolute Gasteiger partial charge is 0.292 e. The summed E-state index contributed by atoms with van der Waals surface area (Å²) in [7, 11) is 0. The molecule has 12 nitrogen and oxygen atoms in total. The van der Waals surface area contributed by atoms with Gasteiger partial charge in [0.15, 0.2) is 11.5 Å². The van der Waals surface area contributed by atoms with Crippen LogP contribution < -0.4 is 10.2 Å². The normalized spacial score (nSPS) is 17.4. The third-order valence-corrected chi connectivity index (χ3v) is 7.37. The molecule has 1 fully saturated rings. The Morgan fingerprint density at radius 2 is 1.98 bits per heavy atom. The number of pyridine rings is 2. The van der Waals surface area contributed by atoms with Gasteiger partial charge in [-0.25, -0.2) is 14.4 Å². The molecule has 13 heteroatoms. The third-order valence-electron chi connectivity index (χ3n) is 7.37. The average molecular weight is 587 g/mol. The summed E-state index contributed by atoms with van der Waals surface area (Å²) < 4.78 is 20.3. The number of nitrogens with one attached hydrogen (secondary N) is 2. The van der Waals surface area contributed by atoms with Gasteiger partial charge in [0.2, 0.25) is 5.89 Å². The maximum atomic E-state index is 15.2. The van der Waals surface area contributed by atoms with Crippen LogP contribution in [0.25, 0.3) is 33.8 Å². The number of H-pyrrole nitrogens is 1. The molecule has 1 saturated heterocycles. The van der Waals surface area contributed by atoms with Gasteiger partial charge in [-0.05, 0) is 36.2 Å². The van der Waals surface area contributed by atoms with Crippen LogP contribution >= 0.6 is 0 Å². The van der Waals surface area contributed by atoms with Gasteiger partial charge in [-0.15, -0.1) is 0 Å². The first-order valence-corrected chi connectivity index (χ1v) is 13.9. The van der Waals surface area contributed by atoms with Crippen molar-refractivity contribution in [3.8, 4) is 22.6 Å². The minimum absolute atomic E-state index is 0.0526. The Bertz CT molecular complexity index is 1780. The fourth-order valence-corrected chi connectivity index (χ4v) is 4.87. The van der Waals surface area contributed by atoms with Crippen molar-refractivity contribution in [1.29, 1.82) is 0 Å². The Hall–Kier alpha value is -4.75. The predicted octanol–water partition coefficient (Wildman–Crippen LogP) is 3.37. The van der Waals surface area contributed by atoms with Gasteiger partial charge in [0.25, 0.3) is 11.7 Å². The maximum absolute atomic E-state index is 15.2. The first kappa shape index (κ1) is 28.4. The molecule has 0 spiro atoms. The number of nitrogens with zero attached hydrogens (tertiary/aromatic N) is 6. The number of halogens is 1. The third kappa shape index (κ3) is 5.81. The van der Waals surface area contributed by atoms with Gasteiger partial charge < -0.3 is 29.9 Å². The molecule has 0 bridgehead atoms. The number of hydrogen-bond donors (Lipinski definition) is 4. The van der Waals surface area contributed by atoms with Crippen molar-refractivity contribution in [3.05, 3.63) is 71.9 Å². The van der Waals surface area contributed by atoms with Gasteiger partial charge in [-0.3, -0.25) is 9.78 Å². The molecule has 0 saturated carbocycles. The van der Waals surface area contributed by atoms with E-state index < -0.39 is 29.3 Å². The molecule has 4 N–H and O–H groups in total. The van der Waals surface area contributed by atoms with E-state index in [1.54, 1.807) is 30.6 Å². The summed E-state index contributed by atoms with van der Waals surface area (Å²) >= 11 is 0. The van der Waals surface area contributed by atoms with Crippen LogP contribution in [0.2, 0.25) is 0 Å². The molecule has 222 valence electrons. The second kappa shape index (κ2) is 11.2. The van der Waals surface area contributed by atoms with Crippen LogP contribution in [0.1, 0.15) is 49.3 Å². The number of piperidine rings is 1. The summed E-state index contributed by atoms with van der Waals surface area (Å²) in [6, 6.07) is 10.3. The Morgan fingerprint density at radius 1 is 1.14 bits per heavy atom. The van der Waals surface area contributed by atoms with Crippen LogP contribution in [0.5, 0.6) is 0 Å². The van der Waals surface area contributed by atoms with Crippen molar-refractivity contribution < 1.29 is 23.9 Å². The molecule has 0 unspecified atom stereocenters. The SMILES string of the molecule is CC(C)(C)c1nc(C(=O)NCc2ccc(-c3ccnc4nc(-c5ccc(N6CC[C@H](O)[C@@H](O)C6)cn5)[nH]c34)cc2F)no1. The number of β-amino-alcohol motifs (C(OH)–C–C–N with tert-alkyl or cyclic N) is 1. The van der Waals surface area contributed by atoms with Crippen LogP contribution in [0.15, 0.2) is 53.3 Å². The van der Waals surface area contributed by atoms with Crippen LogP contribution in [0, 0.1) is 5.82 Å². The zero-order valence-electron chi connectivity index (χ0n) is 23.9. The first-order chi connectivity index (χ1) is 20.6. The van der Waals surface area contributed by atoms with Gasteiger partial charge in [0.05, 0.1) is 29.6 Å². The van der Waals surface area contributed by atoms with Crippen molar-refractivity contribution in [2.45, 2.75) is 51.4 Å². The number of amides is 1. The molecule has 1 amide bonds. The maximum Gasteiger partial charge on any atom is 0.292 e. The van der Waals surface area contributed by atoms with E-state index in [-0.39, 0.29) is 12.4 Å². The molecule has 4 aromatic heterocycles. The van der Waals surface area contributed by atoms with Crippen molar-refractivity contribution >= 4 is 22.8 Å². The van der Waals surface area contributed by atoms with E-state index in [1.165, 1.54) is 6.07 Å². The largest absolute Gasteiger partial charge is 0.390 e. The summed E-state index contributed by atoms with van der Waals surface area (Å²) in [6.45, 7) is 6.58. The van der Waals surface area contributed by atoms with Crippen LogP contribution in [-0.2, 0) is 12.0 Å². The van der Waals surface area contributed by atoms with E-state index >= 15 is 4.39 Å². The second-order valence-corrected chi connectivity index (χ2v) is 11.6. The molecular weight excluding hydrogens is 555 g/mol. The number of aromatic nitrogens is 6. The number of imidazole rings is 1. The molecule has 2 atom stereocenters. The number of hydrogen-bond acceptors (Lipinski definition) is 10. The van der Waals surface area contributed by atoms with E-state index in [4.69, 9.17) is 4.52 Å². The van der Waals surface area contributed by atoms with E-state index in [0.29, 0.717) is 64.8 Å². The van der Waals surface area contributed by atoms with Crippen molar-refractivity contribution in [2.24, 2.45) is 0 Å². The van der Waals surface area contributed by atoms with Crippen molar-refractivity contribution in [2.75, 3.05) is 18.0 Å². The highest BCUT2D eigenvalue weighted by Crippen LogP contribution is 2.30. The lowest BCUT2D eigenvalue weighted by molar-refractivity contribution is 0.00801. The molecule has 6 rings (SSSR count). The molecule has 1 aromatic carbocycles. The molecule has 0 aliphatic carbocycles. The topological polar surface area (TPSA) is 166 Å². The highest BCUT2D eigenvalue weighted by Gasteiger charge is 2.26. The lowest BCUT2D eigenvalue weighted by atomic mass is 9.97. The van der Waals surface area contributed by atoms with E-state index in [9.17, 15) is 15.0 Å². The number of aliphatic hydroxyl groups is 2. The Kier molecular flexibility index (Phi) is 7.36. The number of aromatic amines is 1. The van der Waals surface area contributed by atoms with Crippen molar-refractivity contribution in [1.82, 2.24) is 35.4 Å². The quantitative estimate of drug-likeness (QED) is 0.232. The predicted molar refractivity (Wildman–Crippen MR) is 156 cm³/mol. The highest BCUT2D eigenvalue weighted by atomic mass is 19.1. The molecule has 1 aliphatic heterocycles. The van der Waals surface area contributed by atoms with Gasteiger partial charge in [-0.1, -0.05) is 38.1 Å². The summed E-state index contributed by atoms with van der Waals surface area (Å²) in [4.78, 5) is 35.4. The summed E-state index contributed by atoms with van der Waals surface area (Å²) in [5.41, 5.74) is 3.73. The Labute approximate surface area is 246 Å². The summed E-state index contributed by atoms with van der Waals surface area (Å²) in [5.74, 6) is -0.306. The van der Waals surface area contributed by atoms with Crippen LogP contribution in [-0.4, -0.2) is 71.5 Å². The number of anilines is 1. The van der Waals surface area contributed by atoms with Gasteiger partial charge in [-0.2, -0.15) is 4.98 Å². The number of aliphatic hydroxyl groups excluding tert-OH is 2. The number of fused-ring (bicyclic) bond motifs is 1. The van der Waals surface area contributed by atoms with E-state index in [1.807, 2.05) is 37.8 Å². The number of benzene rings is 1. The molecule has 1 aliphatic rings. The monoisotopic (exact) mass is 586 g/mol. The first-order valence-electron chi connectivity index (χ1n) is 13.9. The molecular formula is C30H31FN8O4. The number of rotatable bonds is 6. The van der Waals surface area contributed by atoms with E-state index in [2.05, 4.69) is 35.4 Å². The van der Waals surface area contributed by atoms with Crippen LogP contribution in [0.3, 0.4) is 0 Å². The minimum Gasteiger partial charge on any atom is -0.390 e. The summed E-state index contributed by atoms with van der Waals surface area (Å²) in [6.07, 6.45) is 2.28. The fraction of sp³-hybridized carbons (Fsp3) is 0.333. The van der Waals surface area contributed by atoms with Crippen molar-refractivity contribution in [3.63, 3.8) is 0 Å². The molecule has 43 heavy (non-hydrogen) atoms. The second-order valence-electron chi connectivity index (χ2n) is 11.6. The summed E-state index contributed by atoms with van der Waals surface area (Å²) in [5, 5.41) is 26.2. The standard InChI is InChI=1S/C30H31FN8O4/c1-30(2,3)29-37-27(38-43-29)28(42)34-13-17-5-4-16(12-20(17)31)19-8-10-32-26-24(19)35-25(36-26)21-7-6-18(14-33-21)39-11-9-22(40)23(41)15-39/h4-8,10,12,14,22-23,40-41H,9,11,13,15H2,1-3H3,(H,34,42)(H,32,35,36)/t22-,23-/m0/s1. The zero-order chi connectivity index (χ0) is 30.3. The lowest BCUT2D eigenvalue weighted by Crippen LogP contribution is -2.46.